The highest BCUT2D eigenvalue weighted by atomic mass is 32.2. The lowest BCUT2D eigenvalue weighted by atomic mass is 10.1. The Labute approximate surface area is 140 Å². The molecule has 2 heterocycles. The van der Waals surface area contributed by atoms with Gasteiger partial charge in [0.2, 0.25) is 15.9 Å². The van der Waals surface area contributed by atoms with Crippen molar-refractivity contribution >= 4 is 15.9 Å². The number of aromatic nitrogens is 1. The lowest BCUT2D eigenvalue weighted by molar-refractivity contribution is -0.125. The summed E-state index contributed by atoms with van der Waals surface area (Å²) in [7, 11) is -3.44. The number of carbonyl (C=O) groups excluding carboxylic acids is 1. The van der Waals surface area contributed by atoms with Crippen molar-refractivity contribution in [3.63, 3.8) is 0 Å². The summed E-state index contributed by atoms with van der Waals surface area (Å²) in [5.74, 6) is -0.355. The maximum absolute atomic E-state index is 11.9. The molecule has 134 valence electrons. The average molecular weight is 359 g/mol. The van der Waals surface area contributed by atoms with Gasteiger partial charge in [-0.25, -0.2) is 13.1 Å². The number of hydrogen-bond donors (Lipinski definition) is 4. The second-order valence-corrected chi connectivity index (χ2v) is 7.49. The fourth-order valence-corrected chi connectivity index (χ4v) is 2.82. The summed E-state index contributed by atoms with van der Waals surface area (Å²) in [5.41, 5.74) is 0.828. The molecule has 1 aliphatic heterocycles. The molecule has 1 saturated heterocycles. The van der Waals surface area contributed by atoms with Crippen LogP contribution in [0.2, 0.25) is 0 Å². The van der Waals surface area contributed by atoms with Crippen LogP contribution in [0.15, 0.2) is 24.5 Å². The van der Waals surface area contributed by atoms with Crippen molar-refractivity contribution in [1.82, 2.24) is 15.0 Å². The van der Waals surface area contributed by atoms with Gasteiger partial charge in [0.05, 0.1) is 18.8 Å². The topological polar surface area (TPSA) is 138 Å². The standard InChI is InChI=1S/C14H21N3O6S/c1-24(21,22)17-8-11-14(20)13(19)10(23-11)5-12(18)16-7-9-3-2-4-15-6-9/h2-4,6,10-11,13-14,17,19-20H,5,7-8H2,1H3,(H,16,18)/t10-,11-,13-,14+/m0/s1. The first-order valence-corrected chi connectivity index (χ1v) is 9.27. The molecule has 0 radical (unpaired) electrons. The van der Waals surface area contributed by atoms with E-state index >= 15 is 0 Å². The molecule has 0 saturated carbocycles. The molecule has 0 unspecified atom stereocenters. The van der Waals surface area contributed by atoms with Crippen molar-refractivity contribution in [1.29, 1.82) is 0 Å². The van der Waals surface area contributed by atoms with Crippen molar-refractivity contribution in [2.24, 2.45) is 0 Å². The van der Waals surface area contributed by atoms with Crippen LogP contribution in [0.4, 0.5) is 0 Å². The molecule has 9 nitrogen and oxygen atoms in total. The van der Waals surface area contributed by atoms with Crippen LogP contribution in [0, 0.1) is 0 Å². The molecule has 1 aromatic heterocycles. The molecule has 1 fully saturated rings. The van der Waals surface area contributed by atoms with Gasteiger partial charge >= 0.3 is 0 Å². The first-order valence-electron chi connectivity index (χ1n) is 7.38. The molecule has 1 amide bonds. The maximum Gasteiger partial charge on any atom is 0.222 e. The van der Waals surface area contributed by atoms with Gasteiger partial charge in [0.25, 0.3) is 0 Å². The van der Waals surface area contributed by atoms with E-state index in [4.69, 9.17) is 4.74 Å². The summed E-state index contributed by atoms with van der Waals surface area (Å²) in [4.78, 5) is 15.9. The van der Waals surface area contributed by atoms with E-state index in [2.05, 4.69) is 15.0 Å². The highest BCUT2D eigenvalue weighted by molar-refractivity contribution is 7.88. The van der Waals surface area contributed by atoms with Crippen LogP contribution in [0.25, 0.3) is 0 Å². The van der Waals surface area contributed by atoms with E-state index in [0.29, 0.717) is 0 Å². The first kappa shape index (κ1) is 18.7. The largest absolute Gasteiger partial charge is 0.388 e. The van der Waals surface area contributed by atoms with Gasteiger partial charge in [0.15, 0.2) is 0 Å². The molecule has 4 N–H and O–H groups in total. The van der Waals surface area contributed by atoms with Crippen molar-refractivity contribution in [3.8, 4) is 0 Å². The van der Waals surface area contributed by atoms with E-state index in [1.807, 2.05) is 6.07 Å². The number of aliphatic hydroxyl groups excluding tert-OH is 2. The van der Waals surface area contributed by atoms with E-state index in [1.165, 1.54) is 0 Å². The first-order chi connectivity index (χ1) is 11.3. The fourth-order valence-electron chi connectivity index (χ4n) is 2.35. The Morgan fingerprint density at radius 1 is 1.33 bits per heavy atom. The second-order valence-electron chi connectivity index (χ2n) is 5.66. The number of nitrogens with zero attached hydrogens (tertiary/aromatic N) is 1. The number of ether oxygens (including phenoxy) is 1. The van der Waals surface area contributed by atoms with Crippen LogP contribution < -0.4 is 10.0 Å². The smallest absolute Gasteiger partial charge is 0.222 e. The molecule has 0 spiro atoms. The van der Waals surface area contributed by atoms with Crippen molar-refractivity contribution in [2.75, 3.05) is 12.8 Å². The minimum Gasteiger partial charge on any atom is -0.388 e. The number of amides is 1. The number of aliphatic hydroxyl groups is 2. The molecule has 1 aromatic rings. The van der Waals surface area contributed by atoms with E-state index in [9.17, 15) is 23.4 Å². The van der Waals surface area contributed by atoms with E-state index in [1.54, 1.807) is 18.5 Å². The summed E-state index contributed by atoms with van der Waals surface area (Å²) < 4.78 is 29.8. The van der Waals surface area contributed by atoms with Crippen LogP contribution in [-0.4, -0.2) is 66.7 Å². The van der Waals surface area contributed by atoms with Crippen molar-refractivity contribution in [3.05, 3.63) is 30.1 Å². The van der Waals surface area contributed by atoms with Crippen LogP contribution in [0.1, 0.15) is 12.0 Å². The molecule has 24 heavy (non-hydrogen) atoms. The maximum atomic E-state index is 11.9. The molecule has 4 atom stereocenters. The molecular weight excluding hydrogens is 338 g/mol. The van der Waals surface area contributed by atoms with Crippen molar-refractivity contribution < 1.29 is 28.2 Å². The van der Waals surface area contributed by atoms with Gasteiger partial charge in [0, 0.05) is 25.5 Å². The third kappa shape index (κ3) is 5.49. The van der Waals surface area contributed by atoms with E-state index in [-0.39, 0.29) is 25.4 Å². The fraction of sp³-hybridized carbons (Fsp3) is 0.571. The van der Waals surface area contributed by atoms with Crippen LogP contribution in [0.3, 0.4) is 0 Å². The summed E-state index contributed by atoms with van der Waals surface area (Å²) in [5, 5.41) is 22.5. The van der Waals surface area contributed by atoms with Gasteiger partial charge < -0.3 is 20.3 Å². The molecule has 0 aliphatic carbocycles. The quantitative estimate of drug-likeness (QED) is 0.447. The molecule has 2 rings (SSSR count). The number of carbonyl (C=O) groups is 1. The zero-order valence-corrected chi connectivity index (χ0v) is 13.9. The second kappa shape index (κ2) is 7.99. The molecule has 10 heteroatoms. The van der Waals surface area contributed by atoms with Gasteiger partial charge in [-0.15, -0.1) is 0 Å². The summed E-state index contributed by atoms with van der Waals surface area (Å²) in [6.45, 7) is 0.113. The zero-order chi connectivity index (χ0) is 17.7. The SMILES string of the molecule is CS(=O)(=O)NC[C@@H]1O[C@@H](CC(=O)NCc2cccnc2)[C@H](O)[C@@H]1O. The van der Waals surface area contributed by atoms with Crippen LogP contribution >= 0.6 is 0 Å². The Morgan fingerprint density at radius 3 is 2.67 bits per heavy atom. The monoisotopic (exact) mass is 359 g/mol. The Balaban J connectivity index is 1.82. The predicted molar refractivity (Wildman–Crippen MR) is 84.2 cm³/mol. The zero-order valence-electron chi connectivity index (χ0n) is 13.1. The average Bonchev–Trinajstić information content (AvgIpc) is 2.79. The Hall–Kier alpha value is -1.59. The van der Waals surface area contributed by atoms with E-state index < -0.39 is 34.4 Å². The van der Waals surface area contributed by atoms with Crippen LogP contribution in [0.5, 0.6) is 0 Å². The van der Waals surface area contributed by atoms with Crippen molar-refractivity contribution in [2.45, 2.75) is 37.4 Å². The number of hydrogen-bond acceptors (Lipinski definition) is 7. The van der Waals surface area contributed by atoms with Gasteiger partial charge in [-0.3, -0.25) is 9.78 Å². The molecule has 0 bridgehead atoms. The summed E-state index contributed by atoms with van der Waals surface area (Å²) in [6, 6.07) is 3.56. The number of rotatable bonds is 7. The lowest BCUT2D eigenvalue weighted by Crippen LogP contribution is -2.39. The van der Waals surface area contributed by atoms with Gasteiger partial charge in [-0.1, -0.05) is 6.07 Å². The third-order valence-corrected chi connectivity index (χ3v) is 4.30. The van der Waals surface area contributed by atoms with Gasteiger partial charge in [0.1, 0.15) is 18.3 Å². The number of sulfonamides is 1. The van der Waals surface area contributed by atoms with Crippen LogP contribution in [-0.2, 0) is 26.1 Å². The number of pyridine rings is 1. The molecule has 0 aromatic carbocycles. The molecular formula is C14H21N3O6S. The highest BCUT2D eigenvalue weighted by Crippen LogP contribution is 2.23. The number of nitrogens with one attached hydrogen (secondary N) is 2. The Kier molecular flexibility index (Phi) is 6.24. The minimum absolute atomic E-state index is 0.145. The molecule has 1 aliphatic rings. The van der Waals surface area contributed by atoms with Gasteiger partial charge in [-0.05, 0) is 11.6 Å². The lowest BCUT2D eigenvalue weighted by Gasteiger charge is -2.14. The van der Waals surface area contributed by atoms with Gasteiger partial charge in [-0.2, -0.15) is 0 Å². The Morgan fingerprint density at radius 2 is 2.04 bits per heavy atom. The normalized spacial score (nSPS) is 27.1. The minimum atomic E-state index is -3.44. The predicted octanol–water partition coefficient (Wildman–Crippen LogP) is -1.87. The van der Waals surface area contributed by atoms with E-state index in [0.717, 1.165) is 11.8 Å². The highest BCUT2D eigenvalue weighted by Gasteiger charge is 2.43. The Bertz CT molecular complexity index is 654. The summed E-state index contributed by atoms with van der Waals surface area (Å²) >= 11 is 0. The summed E-state index contributed by atoms with van der Waals surface area (Å²) in [6.07, 6.45) is -0.262. The third-order valence-electron chi connectivity index (χ3n) is 3.61.